The van der Waals surface area contributed by atoms with E-state index >= 15 is 0 Å². The van der Waals surface area contributed by atoms with Gasteiger partial charge in [-0.15, -0.1) is 0 Å². The van der Waals surface area contributed by atoms with Gasteiger partial charge in [0.15, 0.2) is 17.1 Å². The van der Waals surface area contributed by atoms with Crippen LogP contribution >= 0.6 is 0 Å². The fraction of sp³-hybridized carbons (Fsp3) is 0.118. The van der Waals surface area contributed by atoms with Crippen LogP contribution in [0.1, 0.15) is 33.5 Å². The number of nitrogens with one attached hydrogen (secondary N) is 1. The largest absolute Gasteiger partial charge is 0.449 e. The number of benzene rings is 1. The van der Waals surface area contributed by atoms with Crippen molar-refractivity contribution in [2.45, 2.75) is 13.8 Å². The second-order valence-corrected chi connectivity index (χ2v) is 5.04. The molecule has 5 heteroatoms. The first-order valence-electron chi connectivity index (χ1n) is 6.82. The van der Waals surface area contributed by atoms with E-state index in [9.17, 15) is 9.59 Å². The molecule has 2 aromatic heterocycles. The molecule has 0 radical (unpaired) electrons. The normalized spacial score (nSPS) is 10.6. The van der Waals surface area contributed by atoms with E-state index in [2.05, 4.69) is 10.3 Å². The van der Waals surface area contributed by atoms with Crippen LogP contribution in [0.3, 0.4) is 0 Å². The number of pyridine rings is 1. The number of hydrogen-bond donors (Lipinski definition) is 1. The summed E-state index contributed by atoms with van der Waals surface area (Å²) >= 11 is 0. The fourth-order valence-electron chi connectivity index (χ4n) is 2.15. The van der Waals surface area contributed by atoms with E-state index in [-0.39, 0.29) is 17.5 Å². The van der Waals surface area contributed by atoms with E-state index in [1.165, 1.54) is 6.92 Å². The summed E-state index contributed by atoms with van der Waals surface area (Å²) in [5.74, 6) is -0.253. The number of rotatable bonds is 3. The predicted molar refractivity (Wildman–Crippen MR) is 83.1 cm³/mol. The molecule has 0 spiro atoms. The molecular weight excluding hydrogens is 280 g/mol. The number of nitrogens with zero attached hydrogens (tertiary/aromatic N) is 1. The minimum Gasteiger partial charge on any atom is -0.449 e. The maximum atomic E-state index is 12.2. The number of carbonyl (C=O) groups is 2. The zero-order valence-electron chi connectivity index (χ0n) is 12.2. The zero-order chi connectivity index (χ0) is 15.7. The summed E-state index contributed by atoms with van der Waals surface area (Å²) < 4.78 is 5.49. The van der Waals surface area contributed by atoms with Crippen molar-refractivity contribution in [3.05, 3.63) is 59.5 Å². The van der Waals surface area contributed by atoms with Gasteiger partial charge < -0.3 is 9.73 Å². The number of anilines is 1. The van der Waals surface area contributed by atoms with Crippen molar-refractivity contribution in [2.24, 2.45) is 0 Å². The molecule has 0 saturated heterocycles. The molecule has 0 aliphatic carbocycles. The molecule has 0 unspecified atom stereocenters. The third kappa shape index (κ3) is 2.74. The smallest absolute Gasteiger partial charge is 0.291 e. The Hall–Kier alpha value is -2.95. The van der Waals surface area contributed by atoms with Crippen LogP contribution in [0.4, 0.5) is 5.69 Å². The van der Waals surface area contributed by atoms with Crippen LogP contribution in [0, 0.1) is 6.92 Å². The molecule has 5 nitrogen and oxygen atoms in total. The monoisotopic (exact) mass is 294 g/mol. The van der Waals surface area contributed by atoms with E-state index in [0.717, 1.165) is 5.69 Å². The molecule has 22 heavy (non-hydrogen) atoms. The third-order valence-electron chi connectivity index (χ3n) is 3.26. The molecule has 0 fully saturated rings. The van der Waals surface area contributed by atoms with Gasteiger partial charge in [0.1, 0.15) is 5.52 Å². The van der Waals surface area contributed by atoms with Gasteiger partial charge in [-0.25, -0.2) is 4.98 Å². The lowest BCUT2D eigenvalue weighted by Crippen LogP contribution is -2.11. The quantitative estimate of drug-likeness (QED) is 0.749. The van der Waals surface area contributed by atoms with Crippen LogP contribution in [0.2, 0.25) is 0 Å². The maximum Gasteiger partial charge on any atom is 0.291 e. The van der Waals surface area contributed by atoms with Crippen LogP contribution < -0.4 is 5.32 Å². The van der Waals surface area contributed by atoms with Crippen LogP contribution in [0.15, 0.2) is 46.9 Å². The Balaban J connectivity index is 1.86. The van der Waals surface area contributed by atoms with Crippen molar-refractivity contribution in [2.75, 3.05) is 5.32 Å². The highest BCUT2D eigenvalue weighted by Crippen LogP contribution is 2.19. The maximum absolute atomic E-state index is 12.2. The summed E-state index contributed by atoms with van der Waals surface area (Å²) in [6.07, 6.45) is 0. The van der Waals surface area contributed by atoms with Crippen molar-refractivity contribution < 1.29 is 14.0 Å². The summed E-state index contributed by atoms with van der Waals surface area (Å²) in [4.78, 5) is 27.9. The summed E-state index contributed by atoms with van der Waals surface area (Å²) in [5, 5.41) is 2.72. The first-order valence-corrected chi connectivity index (χ1v) is 6.82. The van der Waals surface area contributed by atoms with Crippen molar-refractivity contribution in [1.82, 2.24) is 4.98 Å². The Morgan fingerprint density at radius 3 is 2.73 bits per heavy atom. The number of furan rings is 1. The molecule has 1 N–H and O–H groups in total. The lowest BCUT2D eigenvalue weighted by atomic mass is 10.1. The second-order valence-electron chi connectivity index (χ2n) is 5.04. The average Bonchev–Trinajstić information content (AvgIpc) is 2.90. The number of hydrogen-bond acceptors (Lipinski definition) is 4. The van der Waals surface area contributed by atoms with Gasteiger partial charge >= 0.3 is 0 Å². The SMILES string of the molecule is CC(=O)c1cccc(NC(=O)c2cc3nc(C)ccc3o2)c1. The van der Waals surface area contributed by atoms with Gasteiger partial charge in [-0.05, 0) is 38.1 Å². The van der Waals surface area contributed by atoms with Gasteiger partial charge in [-0.3, -0.25) is 9.59 Å². The Labute approximate surface area is 127 Å². The van der Waals surface area contributed by atoms with E-state index in [1.807, 2.05) is 13.0 Å². The highest BCUT2D eigenvalue weighted by Gasteiger charge is 2.13. The summed E-state index contributed by atoms with van der Waals surface area (Å²) in [7, 11) is 0. The zero-order valence-corrected chi connectivity index (χ0v) is 12.2. The molecule has 110 valence electrons. The second kappa shape index (κ2) is 5.44. The van der Waals surface area contributed by atoms with Gasteiger partial charge in [0.2, 0.25) is 0 Å². The van der Waals surface area contributed by atoms with E-state index in [1.54, 1.807) is 36.4 Å². The lowest BCUT2D eigenvalue weighted by molar-refractivity contribution is 0.0993. The number of Topliss-reactive ketones (excluding diaryl/α,β-unsaturated/α-hetero) is 1. The molecule has 3 aromatic rings. The molecule has 3 rings (SSSR count). The molecule has 0 aliphatic rings. The average molecular weight is 294 g/mol. The number of ketones is 1. The highest BCUT2D eigenvalue weighted by atomic mass is 16.3. The topological polar surface area (TPSA) is 72.2 Å². The predicted octanol–water partition coefficient (Wildman–Crippen LogP) is 3.59. The van der Waals surface area contributed by atoms with E-state index in [4.69, 9.17) is 4.42 Å². The number of aryl methyl sites for hydroxylation is 1. The van der Waals surface area contributed by atoms with E-state index < -0.39 is 0 Å². The van der Waals surface area contributed by atoms with Gasteiger partial charge in [0.05, 0.1) is 0 Å². The molecule has 1 aromatic carbocycles. The van der Waals surface area contributed by atoms with Gasteiger partial charge in [0.25, 0.3) is 5.91 Å². The van der Waals surface area contributed by atoms with Crippen molar-refractivity contribution in [3.8, 4) is 0 Å². The Morgan fingerprint density at radius 2 is 1.95 bits per heavy atom. The van der Waals surface area contributed by atoms with Gasteiger partial charge in [-0.1, -0.05) is 12.1 Å². The minimum absolute atomic E-state index is 0.0560. The van der Waals surface area contributed by atoms with E-state index in [0.29, 0.717) is 22.4 Å². The lowest BCUT2D eigenvalue weighted by Gasteiger charge is -2.04. The molecule has 0 bridgehead atoms. The molecule has 0 saturated carbocycles. The van der Waals surface area contributed by atoms with Gasteiger partial charge in [-0.2, -0.15) is 0 Å². The van der Waals surface area contributed by atoms with Crippen LogP contribution in [0.5, 0.6) is 0 Å². The van der Waals surface area contributed by atoms with Crippen LogP contribution in [0.25, 0.3) is 11.1 Å². The van der Waals surface area contributed by atoms with Crippen molar-refractivity contribution >= 4 is 28.5 Å². The summed E-state index contributed by atoms with van der Waals surface area (Å²) in [6.45, 7) is 3.35. The molecule has 2 heterocycles. The summed E-state index contributed by atoms with van der Waals surface area (Å²) in [6, 6.07) is 12.0. The third-order valence-corrected chi connectivity index (χ3v) is 3.26. The van der Waals surface area contributed by atoms with Gasteiger partial charge in [0, 0.05) is 23.0 Å². The Bertz CT molecular complexity index is 880. The molecular formula is C17H14N2O3. The Morgan fingerprint density at radius 1 is 1.14 bits per heavy atom. The van der Waals surface area contributed by atoms with Crippen LogP contribution in [-0.2, 0) is 0 Å². The first kappa shape index (κ1) is 14.0. The molecule has 0 atom stereocenters. The van der Waals surface area contributed by atoms with Crippen molar-refractivity contribution in [1.29, 1.82) is 0 Å². The number of amides is 1. The minimum atomic E-state index is -0.378. The summed E-state index contributed by atoms with van der Waals surface area (Å²) in [5.41, 5.74) is 3.15. The number of aromatic nitrogens is 1. The number of carbonyl (C=O) groups excluding carboxylic acids is 2. The number of fused-ring (bicyclic) bond motifs is 1. The first-order chi connectivity index (χ1) is 10.5. The fourth-order valence-corrected chi connectivity index (χ4v) is 2.15. The highest BCUT2D eigenvalue weighted by molar-refractivity contribution is 6.05. The molecule has 1 amide bonds. The van der Waals surface area contributed by atoms with Crippen LogP contribution in [-0.4, -0.2) is 16.7 Å². The Kier molecular flexibility index (Phi) is 3.47. The van der Waals surface area contributed by atoms with Crippen molar-refractivity contribution in [3.63, 3.8) is 0 Å². The molecule has 0 aliphatic heterocycles. The standard InChI is InChI=1S/C17H14N2O3/c1-10-6-7-15-14(18-10)9-16(22-15)17(21)19-13-5-3-4-12(8-13)11(2)20/h3-9H,1-2H3,(H,19,21).